The lowest BCUT2D eigenvalue weighted by molar-refractivity contribution is 0.102. The maximum atomic E-state index is 12.7. The van der Waals surface area contributed by atoms with Gasteiger partial charge >= 0.3 is 0 Å². The molecule has 1 aliphatic carbocycles. The van der Waals surface area contributed by atoms with Crippen LogP contribution < -0.4 is 14.8 Å². The summed E-state index contributed by atoms with van der Waals surface area (Å²) in [6.45, 7) is 2.39. The molecule has 4 rings (SSSR count). The molecule has 2 aromatic carbocycles. The van der Waals surface area contributed by atoms with Gasteiger partial charge in [-0.1, -0.05) is 12.1 Å². The van der Waals surface area contributed by atoms with E-state index in [-0.39, 0.29) is 12.0 Å². The quantitative estimate of drug-likeness (QED) is 0.552. The van der Waals surface area contributed by atoms with E-state index in [1.54, 1.807) is 35.6 Å². The van der Waals surface area contributed by atoms with Crippen molar-refractivity contribution in [2.75, 3.05) is 5.32 Å². The molecule has 3 aromatic rings. The average Bonchev–Trinajstić information content (AvgIpc) is 3.40. The number of ether oxygens (including phenoxy) is 2. The van der Waals surface area contributed by atoms with Crippen molar-refractivity contribution in [3.05, 3.63) is 70.2 Å². The second kappa shape index (κ2) is 9.09. The van der Waals surface area contributed by atoms with Gasteiger partial charge in [0.2, 0.25) is 0 Å². The summed E-state index contributed by atoms with van der Waals surface area (Å²) in [5.74, 6) is 1.26. The van der Waals surface area contributed by atoms with Crippen molar-refractivity contribution in [2.45, 2.75) is 45.3 Å². The summed E-state index contributed by atoms with van der Waals surface area (Å²) >= 11 is 1.60. The number of benzene rings is 2. The maximum Gasteiger partial charge on any atom is 0.255 e. The Morgan fingerprint density at radius 1 is 1.14 bits per heavy atom. The Bertz CT molecular complexity index is 962. The fourth-order valence-electron chi connectivity index (χ4n) is 3.39. The van der Waals surface area contributed by atoms with Gasteiger partial charge in [-0.3, -0.25) is 4.79 Å². The van der Waals surface area contributed by atoms with Gasteiger partial charge in [-0.05, 0) is 69.0 Å². The van der Waals surface area contributed by atoms with Gasteiger partial charge in [-0.15, -0.1) is 11.3 Å². The second-order valence-electron chi connectivity index (χ2n) is 7.15. The van der Waals surface area contributed by atoms with Crippen molar-refractivity contribution in [3.8, 4) is 11.5 Å². The average molecular weight is 409 g/mol. The van der Waals surface area contributed by atoms with Gasteiger partial charge < -0.3 is 14.8 Å². The maximum absolute atomic E-state index is 12.7. The van der Waals surface area contributed by atoms with E-state index in [4.69, 9.17) is 9.47 Å². The number of nitrogens with zero attached hydrogens (tertiary/aromatic N) is 1. The summed E-state index contributed by atoms with van der Waals surface area (Å²) in [4.78, 5) is 17.1. The van der Waals surface area contributed by atoms with Gasteiger partial charge in [-0.2, -0.15) is 0 Å². The predicted octanol–water partition coefficient (Wildman–Crippen LogP) is 5.60. The van der Waals surface area contributed by atoms with Gasteiger partial charge in [0.1, 0.15) is 18.1 Å². The van der Waals surface area contributed by atoms with E-state index in [0.29, 0.717) is 23.6 Å². The third-order valence-electron chi connectivity index (χ3n) is 4.90. The highest BCUT2D eigenvalue weighted by Gasteiger charge is 2.18. The highest BCUT2D eigenvalue weighted by atomic mass is 32.1. The van der Waals surface area contributed by atoms with E-state index in [2.05, 4.69) is 10.3 Å². The highest BCUT2D eigenvalue weighted by molar-refractivity contribution is 7.09. The molecule has 0 atom stereocenters. The zero-order valence-corrected chi connectivity index (χ0v) is 17.2. The van der Waals surface area contributed by atoms with Crippen LogP contribution in [0.2, 0.25) is 0 Å². The zero-order valence-electron chi connectivity index (χ0n) is 16.4. The van der Waals surface area contributed by atoms with Crippen molar-refractivity contribution in [3.63, 3.8) is 0 Å². The molecule has 0 bridgehead atoms. The Labute approximate surface area is 174 Å². The van der Waals surface area contributed by atoms with E-state index < -0.39 is 0 Å². The molecule has 1 fully saturated rings. The Morgan fingerprint density at radius 2 is 1.90 bits per heavy atom. The van der Waals surface area contributed by atoms with Crippen LogP contribution in [0, 0.1) is 6.92 Å². The number of aromatic nitrogens is 1. The van der Waals surface area contributed by atoms with Crippen LogP contribution in [0.4, 0.5) is 5.69 Å². The van der Waals surface area contributed by atoms with E-state index in [0.717, 1.165) is 29.3 Å². The fraction of sp³-hybridized carbons (Fsp3) is 0.304. The second-order valence-corrected chi connectivity index (χ2v) is 8.21. The van der Waals surface area contributed by atoms with Crippen LogP contribution in [0.25, 0.3) is 0 Å². The molecule has 1 aliphatic rings. The molecule has 1 heterocycles. The standard InChI is InChI=1S/C23H24N2O3S/c1-16-24-18(15-29-16)14-27-19-12-10-17(11-13-19)23(26)25-21-8-4-5-9-22(21)28-20-6-2-3-7-20/h4-5,8-13,15,20H,2-3,6-7,14H2,1H3,(H,25,26). The van der Waals surface area contributed by atoms with E-state index >= 15 is 0 Å². The normalized spacial score (nSPS) is 14.0. The van der Waals surface area contributed by atoms with Crippen LogP contribution in [-0.2, 0) is 6.61 Å². The lowest BCUT2D eigenvalue weighted by Gasteiger charge is -2.17. The summed E-state index contributed by atoms with van der Waals surface area (Å²) in [5.41, 5.74) is 2.18. The van der Waals surface area contributed by atoms with Crippen LogP contribution in [0.1, 0.15) is 46.7 Å². The Kier molecular flexibility index (Phi) is 6.10. The minimum Gasteiger partial charge on any atom is -0.488 e. The minimum atomic E-state index is -0.172. The molecular weight excluding hydrogens is 384 g/mol. The molecule has 1 saturated carbocycles. The SMILES string of the molecule is Cc1nc(COc2ccc(C(=O)Nc3ccccc3OC3CCCC3)cc2)cs1. The first-order valence-electron chi connectivity index (χ1n) is 9.88. The van der Waals surface area contributed by atoms with Gasteiger partial charge in [0, 0.05) is 10.9 Å². The lowest BCUT2D eigenvalue weighted by atomic mass is 10.2. The number of anilines is 1. The number of nitrogens with one attached hydrogen (secondary N) is 1. The molecule has 29 heavy (non-hydrogen) atoms. The van der Waals surface area contributed by atoms with Crippen LogP contribution in [-0.4, -0.2) is 17.0 Å². The van der Waals surface area contributed by atoms with Crippen molar-refractivity contribution in [2.24, 2.45) is 0 Å². The van der Waals surface area contributed by atoms with Crippen molar-refractivity contribution in [1.29, 1.82) is 0 Å². The number of thiazole rings is 1. The molecular formula is C23H24N2O3S. The van der Waals surface area contributed by atoms with Crippen LogP contribution >= 0.6 is 11.3 Å². The Balaban J connectivity index is 1.37. The fourth-order valence-corrected chi connectivity index (χ4v) is 3.98. The molecule has 0 saturated heterocycles. The number of aryl methyl sites for hydroxylation is 1. The van der Waals surface area contributed by atoms with Gasteiger partial charge in [0.25, 0.3) is 5.91 Å². The minimum absolute atomic E-state index is 0.172. The van der Waals surface area contributed by atoms with Crippen molar-refractivity contribution in [1.82, 2.24) is 4.98 Å². The summed E-state index contributed by atoms with van der Waals surface area (Å²) in [6.07, 6.45) is 4.80. The molecule has 6 heteroatoms. The number of amides is 1. The number of carbonyl (C=O) groups is 1. The predicted molar refractivity (Wildman–Crippen MR) is 115 cm³/mol. The van der Waals surface area contributed by atoms with Crippen LogP contribution in [0.15, 0.2) is 53.9 Å². The Hall–Kier alpha value is -2.86. The summed E-state index contributed by atoms with van der Waals surface area (Å²) in [5, 5.41) is 5.98. The highest BCUT2D eigenvalue weighted by Crippen LogP contribution is 2.30. The number of hydrogen-bond donors (Lipinski definition) is 1. The molecule has 5 nitrogen and oxygen atoms in total. The molecule has 0 unspecified atom stereocenters. The molecule has 1 amide bonds. The van der Waals surface area contributed by atoms with E-state index in [1.807, 2.05) is 36.6 Å². The monoisotopic (exact) mass is 408 g/mol. The van der Waals surface area contributed by atoms with Crippen molar-refractivity contribution < 1.29 is 14.3 Å². The van der Waals surface area contributed by atoms with E-state index in [9.17, 15) is 4.79 Å². The first-order chi connectivity index (χ1) is 14.2. The Morgan fingerprint density at radius 3 is 2.62 bits per heavy atom. The topological polar surface area (TPSA) is 60.5 Å². The first kappa shape index (κ1) is 19.5. The summed E-state index contributed by atoms with van der Waals surface area (Å²) < 4.78 is 11.8. The van der Waals surface area contributed by atoms with Crippen LogP contribution in [0.5, 0.6) is 11.5 Å². The third kappa shape index (κ3) is 5.15. The number of hydrogen-bond acceptors (Lipinski definition) is 5. The molecule has 150 valence electrons. The number of para-hydroxylation sites is 2. The third-order valence-corrected chi connectivity index (χ3v) is 5.72. The molecule has 0 aliphatic heterocycles. The zero-order chi connectivity index (χ0) is 20.1. The smallest absolute Gasteiger partial charge is 0.255 e. The van der Waals surface area contributed by atoms with Crippen molar-refractivity contribution >= 4 is 22.9 Å². The first-order valence-corrected chi connectivity index (χ1v) is 10.8. The molecule has 1 N–H and O–H groups in total. The van der Waals surface area contributed by atoms with Crippen LogP contribution in [0.3, 0.4) is 0 Å². The largest absolute Gasteiger partial charge is 0.488 e. The molecule has 1 aromatic heterocycles. The van der Waals surface area contributed by atoms with E-state index in [1.165, 1.54) is 12.8 Å². The molecule has 0 radical (unpaired) electrons. The summed E-state index contributed by atoms with van der Waals surface area (Å²) in [6, 6.07) is 14.7. The number of rotatable bonds is 7. The van der Waals surface area contributed by atoms with Gasteiger partial charge in [0.15, 0.2) is 0 Å². The summed E-state index contributed by atoms with van der Waals surface area (Å²) in [7, 11) is 0. The van der Waals surface area contributed by atoms with Gasteiger partial charge in [-0.25, -0.2) is 4.98 Å². The molecule has 0 spiro atoms. The lowest BCUT2D eigenvalue weighted by Crippen LogP contribution is -2.16. The number of carbonyl (C=O) groups excluding carboxylic acids is 1. The van der Waals surface area contributed by atoms with Gasteiger partial charge in [0.05, 0.1) is 22.5 Å².